The molecule has 0 aliphatic carbocycles. The van der Waals surface area contributed by atoms with Gasteiger partial charge >= 0.3 is 0 Å². The van der Waals surface area contributed by atoms with E-state index in [-0.39, 0.29) is 5.82 Å². The van der Waals surface area contributed by atoms with Crippen LogP contribution in [0.1, 0.15) is 33.4 Å². The molecule has 0 aromatic heterocycles. The van der Waals surface area contributed by atoms with Crippen molar-refractivity contribution in [3.63, 3.8) is 0 Å². The second-order valence-corrected chi connectivity index (χ2v) is 7.94. The Kier molecular flexibility index (Phi) is 5.95. The molecule has 0 amide bonds. The van der Waals surface area contributed by atoms with Crippen LogP contribution in [0.15, 0.2) is 140 Å². The summed E-state index contributed by atoms with van der Waals surface area (Å²) in [6, 6.07) is 46.1. The van der Waals surface area contributed by atoms with E-state index in [4.69, 9.17) is 0 Å². The van der Waals surface area contributed by atoms with Gasteiger partial charge in [0.15, 0.2) is 0 Å². The first kappa shape index (κ1) is 20.7. The molecule has 0 unspecified atom stereocenters. The largest absolute Gasteiger partial charge is 0.207 e. The first-order chi connectivity index (χ1) is 16.3. The van der Waals surface area contributed by atoms with E-state index in [1.165, 1.54) is 0 Å². The minimum Gasteiger partial charge on any atom is -0.207 e. The fourth-order valence-corrected chi connectivity index (χ4v) is 4.30. The third-order valence-electron chi connectivity index (χ3n) is 5.72. The predicted octanol–water partition coefficient (Wildman–Crippen LogP) is 7.86. The van der Waals surface area contributed by atoms with Crippen molar-refractivity contribution < 1.29 is 4.39 Å². The molecule has 5 aromatic carbocycles. The monoisotopic (exact) mass is 426 g/mol. The molecule has 0 nitrogen and oxygen atoms in total. The highest BCUT2D eigenvalue weighted by Crippen LogP contribution is 2.36. The van der Waals surface area contributed by atoms with Crippen LogP contribution in [0.5, 0.6) is 0 Å². The van der Waals surface area contributed by atoms with Crippen LogP contribution >= 0.6 is 0 Å². The van der Waals surface area contributed by atoms with Gasteiger partial charge in [0.05, 0.1) is 17.0 Å². The molecule has 0 saturated heterocycles. The second-order valence-electron chi connectivity index (χ2n) is 7.94. The average molecular weight is 427 g/mol. The topological polar surface area (TPSA) is 0 Å². The third kappa shape index (κ3) is 4.53. The predicted molar refractivity (Wildman–Crippen MR) is 133 cm³/mol. The van der Waals surface area contributed by atoms with Gasteiger partial charge in [0, 0.05) is 11.6 Å². The molecular weight excluding hydrogens is 403 g/mol. The standard InChI is InChI=1S/C32H23F/c33-30-22-28(31(24-13-5-1-6-14-24)25-15-7-2-8-16-25)21-29(23-30)32(26-17-9-3-10-18-26)27-19-11-4-12-20-27/h1-23H. The summed E-state index contributed by atoms with van der Waals surface area (Å²) < 4.78 is 15.2. The smallest absolute Gasteiger partial charge is 0.123 e. The molecule has 0 aliphatic heterocycles. The summed E-state index contributed by atoms with van der Waals surface area (Å²) in [6.07, 6.45) is 0. The Morgan fingerprint density at radius 3 is 1.30 bits per heavy atom. The molecule has 0 radical (unpaired) electrons. The van der Waals surface area contributed by atoms with Crippen molar-refractivity contribution in [3.8, 4) is 0 Å². The Hall–Kier alpha value is -4.23. The number of hydrogen-bond acceptors (Lipinski definition) is 0. The molecule has 1 heteroatoms. The molecule has 33 heavy (non-hydrogen) atoms. The van der Waals surface area contributed by atoms with Gasteiger partial charge in [-0.25, -0.2) is 4.39 Å². The number of rotatable bonds is 6. The Bertz CT molecular complexity index is 1120. The van der Waals surface area contributed by atoms with Crippen molar-refractivity contribution in [2.75, 3.05) is 0 Å². The highest BCUT2D eigenvalue weighted by atomic mass is 19.1. The lowest BCUT2D eigenvalue weighted by Crippen LogP contribution is -2.09. The highest BCUT2D eigenvalue weighted by molar-refractivity contribution is 5.62. The van der Waals surface area contributed by atoms with Gasteiger partial charge in [0.25, 0.3) is 0 Å². The van der Waals surface area contributed by atoms with Crippen LogP contribution in [0.4, 0.5) is 4.39 Å². The van der Waals surface area contributed by atoms with Crippen LogP contribution in [-0.2, 0) is 0 Å². The lowest BCUT2D eigenvalue weighted by atomic mass is 9.80. The molecule has 0 spiro atoms. The van der Waals surface area contributed by atoms with Gasteiger partial charge < -0.3 is 0 Å². The minimum absolute atomic E-state index is 0.253. The molecule has 0 heterocycles. The van der Waals surface area contributed by atoms with Gasteiger partial charge in [-0.15, -0.1) is 0 Å². The molecule has 5 rings (SSSR count). The minimum atomic E-state index is -0.253. The van der Waals surface area contributed by atoms with Crippen molar-refractivity contribution in [1.29, 1.82) is 0 Å². The summed E-state index contributed by atoms with van der Waals surface area (Å²) >= 11 is 0. The summed E-state index contributed by atoms with van der Waals surface area (Å²) in [5, 5.41) is 0. The quantitative estimate of drug-likeness (QED) is 0.191. The maximum Gasteiger partial charge on any atom is 0.123 e. The van der Waals surface area contributed by atoms with E-state index in [9.17, 15) is 0 Å². The molecule has 0 bridgehead atoms. The Balaban J connectivity index is 1.69. The summed E-state index contributed by atoms with van der Waals surface area (Å²) in [5.74, 6) is 1.77. The van der Waals surface area contributed by atoms with Crippen molar-refractivity contribution in [3.05, 3.63) is 191 Å². The van der Waals surface area contributed by atoms with E-state index in [1.54, 1.807) is 12.1 Å². The van der Waals surface area contributed by atoms with Gasteiger partial charge in [-0.2, -0.15) is 0 Å². The van der Waals surface area contributed by atoms with E-state index in [0.717, 1.165) is 45.2 Å². The molecule has 158 valence electrons. The zero-order valence-corrected chi connectivity index (χ0v) is 18.2. The van der Waals surface area contributed by atoms with Crippen molar-refractivity contribution >= 4 is 0 Å². The molecule has 0 fully saturated rings. The number of hydrogen-bond donors (Lipinski definition) is 0. The van der Waals surface area contributed by atoms with Gasteiger partial charge in [-0.3, -0.25) is 0 Å². The van der Waals surface area contributed by atoms with Crippen LogP contribution in [0.2, 0.25) is 0 Å². The zero-order chi connectivity index (χ0) is 22.5. The summed E-state index contributed by atoms with van der Waals surface area (Å²) in [7, 11) is 0. The van der Waals surface area contributed by atoms with Crippen molar-refractivity contribution in [2.45, 2.75) is 0 Å². The maximum absolute atomic E-state index is 15.2. The van der Waals surface area contributed by atoms with E-state index < -0.39 is 0 Å². The normalized spacial score (nSPS) is 10.6. The lowest BCUT2D eigenvalue weighted by molar-refractivity contribution is 0.625. The maximum atomic E-state index is 15.2. The van der Waals surface area contributed by atoms with Crippen LogP contribution < -0.4 is 0 Å². The Morgan fingerprint density at radius 1 is 0.424 bits per heavy atom. The first-order valence-corrected chi connectivity index (χ1v) is 11.1. The van der Waals surface area contributed by atoms with Gasteiger partial charge in [0.2, 0.25) is 0 Å². The van der Waals surface area contributed by atoms with Crippen LogP contribution in [0.25, 0.3) is 0 Å². The van der Waals surface area contributed by atoms with Crippen molar-refractivity contribution in [2.24, 2.45) is 0 Å². The third-order valence-corrected chi connectivity index (χ3v) is 5.72. The van der Waals surface area contributed by atoms with Gasteiger partial charge in [-0.05, 0) is 48.5 Å². The van der Waals surface area contributed by atoms with E-state index >= 15 is 4.39 Å². The summed E-state index contributed by atoms with van der Waals surface area (Å²) in [5.41, 5.74) is 5.93. The van der Waals surface area contributed by atoms with Crippen LogP contribution in [0, 0.1) is 17.7 Å². The molecule has 0 aliphatic rings. The summed E-state index contributed by atoms with van der Waals surface area (Å²) in [6.45, 7) is 0. The van der Waals surface area contributed by atoms with E-state index in [0.29, 0.717) is 0 Å². The van der Waals surface area contributed by atoms with Crippen LogP contribution in [-0.4, -0.2) is 0 Å². The first-order valence-electron chi connectivity index (χ1n) is 11.1. The second kappa shape index (κ2) is 9.50. The molecule has 0 atom stereocenters. The van der Waals surface area contributed by atoms with Gasteiger partial charge in [-0.1, -0.05) is 108 Å². The van der Waals surface area contributed by atoms with Gasteiger partial charge in [0.1, 0.15) is 5.82 Å². The zero-order valence-electron chi connectivity index (χ0n) is 18.2. The fourth-order valence-electron chi connectivity index (χ4n) is 4.30. The Morgan fingerprint density at radius 2 is 0.848 bits per heavy atom. The van der Waals surface area contributed by atoms with E-state index in [1.807, 2.05) is 72.8 Å². The number of benzene rings is 5. The lowest BCUT2D eigenvalue weighted by Gasteiger charge is -2.26. The Labute approximate surface area is 195 Å². The molecule has 0 saturated carbocycles. The average Bonchev–Trinajstić information content (AvgIpc) is 2.87. The van der Waals surface area contributed by atoms with Crippen LogP contribution in [0.3, 0.4) is 0 Å². The number of halogens is 1. The molecule has 5 aromatic rings. The highest BCUT2D eigenvalue weighted by Gasteiger charge is 2.23. The van der Waals surface area contributed by atoms with E-state index in [2.05, 4.69) is 54.6 Å². The van der Waals surface area contributed by atoms with Crippen molar-refractivity contribution in [1.82, 2.24) is 0 Å². The fraction of sp³-hybridized carbons (Fsp3) is 0. The molecule has 0 N–H and O–H groups in total. The SMILES string of the molecule is Fc1cc([C+](c2ccccc2)c2ccccc2)cc([C-](c2ccccc2)c2ccccc2)c1. The summed E-state index contributed by atoms with van der Waals surface area (Å²) in [4.78, 5) is 0. The molecular formula is C32H23F.